The van der Waals surface area contributed by atoms with Gasteiger partial charge in [0, 0.05) is 18.6 Å². The first-order chi connectivity index (χ1) is 13.0. The highest BCUT2D eigenvalue weighted by atomic mass is 16.3. The van der Waals surface area contributed by atoms with Gasteiger partial charge < -0.3 is 9.73 Å². The Morgan fingerprint density at radius 1 is 1.37 bits per heavy atom. The van der Waals surface area contributed by atoms with E-state index in [1.807, 2.05) is 20.8 Å². The van der Waals surface area contributed by atoms with Gasteiger partial charge in [0.1, 0.15) is 11.5 Å². The van der Waals surface area contributed by atoms with Crippen molar-refractivity contribution in [3.63, 3.8) is 0 Å². The van der Waals surface area contributed by atoms with Gasteiger partial charge in [0.2, 0.25) is 11.9 Å². The van der Waals surface area contributed by atoms with Crippen molar-refractivity contribution < 1.29 is 9.21 Å². The molecule has 3 rings (SSSR count). The molecule has 0 aliphatic carbocycles. The summed E-state index contributed by atoms with van der Waals surface area (Å²) in [7, 11) is 0. The van der Waals surface area contributed by atoms with Gasteiger partial charge >= 0.3 is 0 Å². The zero-order chi connectivity index (χ0) is 19.4. The molecule has 1 amide bonds. The minimum atomic E-state index is -0.276. The summed E-state index contributed by atoms with van der Waals surface area (Å²) in [6.07, 6.45) is 3.68. The summed E-state index contributed by atoms with van der Waals surface area (Å²) in [6, 6.07) is 6.69. The molecular formula is C19H23N5O3. The molecule has 0 aliphatic rings. The summed E-state index contributed by atoms with van der Waals surface area (Å²) in [4.78, 5) is 31.5. The fraction of sp³-hybridized carbons (Fsp3) is 0.368. The summed E-state index contributed by atoms with van der Waals surface area (Å²) < 4.78 is 6.82. The number of carbonyl (C=O) groups excluding carboxylic acids is 1. The Morgan fingerprint density at radius 2 is 2.19 bits per heavy atom. The van der Waals surface area contributed by atoms with E-state index in [1.165, 1.54) is 10.7 Å². The minimum Gasteiger partial charge on any atom is -0.463 e. The van der Waals surface area contributed by atoms with E-state index in [0.717, 1.165) is 12.8 Å². The van der Waals surface area contributed by atoms with E-state index < -0.39 is 0 Å². The molecule has 2 N–H and O–H groups in total. The zero-order valence-corrected chi connectivity index (χ0v) is 15.7. The highest BCUT2D eigenvalue weighted by Crippen LogP contribution is 2.24. The van der Waals surface area contributed by atoms with E-state index in [1.54, 1.807) is 24.5 Å². The van der Waals surface area contributed by atoms with Crippen molar-refractivity contribution in [3.05, 3.63) is 46.6 Å². The van der Waals surface area contributed by atoms with Gasteiger partial charge in [-0.25, -0.2) is 4.98 Å². The lowest BCUT2D eigenvalue weighted by Gasteiger charge is -2.10. The van der Waals surface area contributed by atoms with E-state index in [9.17, 15) is 9.59 Å². The van der Waals surface area contributed by atoms with E-state index in [4.69, 9.17) is 4.42 Å². The summed E-state index contributed by atoms with van der Waals surface area (Å²) in [5.41, 5.74) is 0.900. The van der Waals surface area contributed by atoms with Crippen LogP contribution in [0.25, 0.3) is 17.4 Å². The largest absolute Gasteiger partial charge is 0.463 e. The van der Waals surface area contributed by atoms with Crippen LogP contribution < -0.4 is 10.9 Å². The van der Waals surface area contributed by atoms with Gasteiger partial charge in [-0.1, -0.05) is 27.2 Å². The number of anilines is 1. The third kappa shape index (κ3) is 4.33. The molecule has 3 heterocycles. The molecule has 0 radical (unpaired) electrons. The van der Waals surface area contributed by atoms with Gasteiger partial charge in [0.25, 0.3) is 5.56 Å². The molecule has 0 atom stereocenters. The number of hydrogen-bond donors (Lipinski definition) is 2. The molecule has 3 aromatic heterocycles. The van der Waals surface area contributed by atoms with E-state index in [-0.39, 0.29) is 23.3 Å². The van der Waals surface area contributed by atoms with Crippen LogP contribution in [0.4, 0.5) is 5.82 Å². The molecule has 0 saturated carbocycles. The summed E-state index contributed by atoms with van der Waals surface area (Å²) in [5.74, 6) is 1.18. The molecule has 8 heteroatoms. The molecule has 142 valence electrons. The van der Waals surface area contributed by atoms with Crippen LogP contribution in [-0.4, -0.2) is 25.7 Å². The van der Waals surface area contributed by atoms with Gasteiger partial charge in [-0.05, 0) is 24.5 Å². The fourth-order valence-corrected chi connectivity index (χ4v) is 2.58. The van der Waals surface area contributed by atoms with Crippen molar-refractivity contribution >= 4 is 11.7 Å². The summed E-state index contributed by atoms with van der Waals surface area (Å²) in [6.45, 7) is 5.94. The molecule has 0 unspecified atom stereocenters. The number of aromatic amines is 1. The third-order valence-corrected chi connectivity index (χ3v) is 4.05. The Morgan fingerprint density at radius 3 is 2.85 bits per heavy atom. The van der Waals surface area contributed by atoms with Gasteiger partial charge in [-0.15, -0.1) is 0 Å². The van der Waals surface area contributed by atoms with Gasteiger partial charge in [0.05, 0.1) is 12.0 Å². The van der Waals surface area contributed by atoms with Crippen LogP contribution in [0.2, 0.25) is 0 Å². The second kappa shape index (κ2) is 8.03. The zero-order valence-electron chi connectivity index (χ0n) is 15.7. The number of amides is 1. The number of carbonyl (C=O) groups is 1. The molecule has 0 saturated heterocycles. The van der Waals surface area contributed by atoms with Crippen LogP contribution in [0, 0.1) is 0 Å². The van der Waals surface area contributed by atoms with E-state index in [2.05, 4.69) is 20.4 Å². The highest BCUT2D eigenvalue weighted by Gasteiger charge is 2.17. The van der Waals surface area contributed by atoms with Crippen LogP contribution in [0.1, 0.15) is 51.6 Å². The van der Waals surface area contributed by atoms with Crippen molar-refractivity contribution in [2.24, 2.45) is 0 Å². The predicted molar refractivity (Wildman–Crippen MR) is 102 cm³/mol. The Labute approximate surface area is 156 Å². The van der Waals surface area contributed by atoms with Crippen molar-refractivity contribution in [1.82, 2.24) is 19.7 Å². The standard InChI is InChI=1S/C19H23N5O3/c1-4-5-8-17(25)21-16-10-14(15-7-6-9-27-15)23-24(16)19-20-13(12(2)3)11-18(26)22-19/h6-7,9-12H,4-5,8H2,1-3H3,(H,21,25)(H,20,22,26). The number of furan rings is 1. The third-order valence-electron chi connectivity index (χ3n) is 4.05. The summed E-state index contributed by atoms with van der Waals surface area (Å²) in [5, 5.41) is 7.33. The van der Waals surface area contributed by atoms with E-state index in [0.29, 0.717) is 29.4 Å². The normalized spacial score (nSPS) is 11.1. The summed E-state index contributed by atoms with van der Waals surface area (Å²) >= 11 is 0. The fourth-order valence-electron chi connectivity index (χ4n) is 2.58. The van der Waals surface area contributed by atoms with Crippen LogP contribution >= 0.6 is 0 Å². The molecule has 27 heavy (non-hydrogen) atoms. The molecule has 0 fully saturated rings. The first-order valence-electron chi connectivity index (χ1n) is 9.03. The van der Waals surface area contributed by atoms with Gasteiger partial charge in [0.15, 0.2) is 5.76 Å². The lowest BCUT2D eigenvalue weighted by molar-refractivity contribution is -0.116. The number of H-pyrrole nitrogens is 1. The number of rotatable bonds is 7. The van der Waals surface area contributed by atoms with Crippen molar-refractivity contribution in [2.45, 2.75) is 46.0 Å². The minimum absolute atomic E-state index is 0.0775. The number of unbranched alkanes of at least 4 members (excludes halogenated alkanes) is 1. The maximum absolute atomic E-state index is 12.2. The SMILES string of the molecule is CCCCC(=O)Nc1cc(-c2ccco2)nn1-c1nc(C(C)C)cc(=O)[nH]1. The van der Waals surface area contributed by atoms with Gasteiger partial charge in [-0.2, -0.15) is 9.78 Å². The van der Waals surface area contributed by atoms with E-state index >= 15 is 0 Å². The van der Waals surface area contributed by atoms with Gasteiger partial charge in [-0.3, -0.25) is 14.6 Å². The predicted octanol–water partition coefficient (Wildman–Crippen LogP) is 3.47. The first kappa shape index (κ1) is 18.6. The Hall–Kier alpha value is -3.16. The maximum Gasteiger partial charge on any atom is 0.252 e. The first-order valence-corrected chi connectivity index (χ1v) is 9.03. The van der Waals surface area contributed by atoms with Crippen molar-refractivity contribution in [2.75, 3.05) is 5.32 Å². The number of nitrogens with zero attached hydrogens (tertiary/aromatic N) is 3. The molecule has 0 aromatic carbocycles. The molecule has 8 nitrogen and oxygen atoms in total. The Balaban J connectivity index is 2.05. The maximum atomic E-state index is 12.2. The Kier molecular flexibility index (Phi) is 5.54. The van der Waals surface area contributed by atoms with Crippen LogP contribution in [0.3, 0.4) is 0 Å². The van der Waals surface area contributed by atoms with Crippen LogP contribution in [0.15, 0.2) is 39.7 Å². The quantitative estimate of drug-likeness (QED) is 0.663. The lowest BCUT2D eigenvalue weighted by Crippen LogP contribution is -2.19. The number of hydrogen-bond acceptors (Lipinski definition) is 5. The van der Waals surface area contributed by atoms with Crippen molar-refractivity contribution in [3.8, 4) is 17.4 Å². The van der Waals surface area contributed by atoms with Crippen LogP contribution in [-0.2, 0) is 4.79 Å². The average Bonchev–Trinajstić information content (AvgIpc) is 3.29. The highest BCUT2D eigenvalue weighted by molar-refractivity contribution is 5.90. The number of nitrogens with one attached hydrogen (secondary N) is 2. The molecule has 0 bridgehead atoms. The lowest BCUT2D eigenvalue weighted by atomic mass is 10.1. The second-order valence-corrected chi connectivity index (χ2v) is 6.60. The average molecular weight is 369 g/mol. The van der Waals surface area contributed by atoms with Crippen LogP contribution in [0.5, 0.6) is 0 Å². The van der Waals surface area contributed by atoms with Crippen molar-refractivity contribution in [1.29, 1.82) is 0 Å². The molecule has 3 aromatic rings. The number of aromatic nitrogens is 4. The molecule has 0 aliphatic heterocycles. The monoisotopic (exact) mass is 369 g/mol. The second-order valence-electron chi connectivity index (χ2n) is 6.60. The Bertz CT molecular complexity index is 970. The topological polar surface area (TPSA) is 106 Å². The molecular weight excluding hydrogens is 346 g/mol. The molecule has 0 spiro atoms. The smallest absolute Gasteiger partial charge is 0.252 e.